The molecule has 1 amide bonds. The molecule has 1 atom stereocenters. The molecule has 1 spiro atoms. The van der Waals surface area contributed by atoms with Crippen LogP contribution in [-0.4, -0.2) is 60.5 Å². The number of carboxylic acid groups (broad SMARTS) is 1. The van der Waals surface area contributed by atoms with E-state index in [4.69, 9.17) is 5.11 Å². The first kappa shape index (κ1) is 12.4. The van der Waals surface area contributed by atoms with E-state index in [1.165, 1.54) is 4.90 Å². The number of likely N-dealkylation sites (N-methyl/N-ethyl adjacent to an activating group) is 1. The van der Waals surface area contributed by atoms with Crippen LogP contribution in [0, 0.1) is 11.3 Å². The van der Waals surface area contributed by atoms with Crippen molar-refractivity contribution in [3.8, 4) is 0 Å². The minimum Gasteiger partial charge on any atom is -0.480 e. The van der Waals surface area contributed by atoms with Crippen LogP contribution in [0.4, 0.5) is 0 Å². The number of carbonyl (C=O) groups is 2. The molecule has 2 aliphatic carbocycles. The fraction of sp³-hybridized carbons (Fsp3) is 0.833. The summed E-state index contributed by atoms with van der Waals surface area (Å²) in [6.45, 7) is 1.04. The number of hydrogen-bond acceptors (Lipinski definition) is 3. The molecular formula is C12H20N2O3. The molecule has 0 saturated heterocycles. The Morgan fingerprint density at radius 1 is 1.29 bits per heavy atom. The molecule has 2 fully saturated rings. The number of nitrogens with zero attached hydrogens (tertiary/aromatic N) is 2. The van der Waals surface area contributed by atoms with Crippen molar-refractivity contribution in [1.82, 2.24) is 9.80 Å². The highest BCUT2D eigenvalue weighted by Crippen LogP contribution is 2.70. The maximum Gasteiger partial charge on any atom is 0.323 e. The lowest BCUT2D eigenvalue weighted by Gasteiger charge is -2.22. The lowest BCUT2D eigenvalue weighted by Crippen LogP contribution is -2.41. The van der Waals surface area contributed by atoms with Gasteiger partial charge in [-0.2, -0.15) is 0 Å². The SMILES string of the molecule is CN(C)CCN(CC(=O)O)C(=O)[C@@H]1CC12CC2. The summed E-state index contributed by atoms with van der Waals surface area (Å²) in [6, 6.07) is 0. The maximum absolute atomic E-state index is 12.2. The smallest absolute Gasteiger partial charge is 0.323 e. The van der Waals surface area contributed by atoms with Crippen LogP contribution in [0.5, 0.6) is 0 Å². The van der Waals surface area contributed by atoms with E-state index in [0.29, 0.717) is 18.5 Å². The van der Waals surface area contributed by atoms with E-state index < -0.39 is 5.97 Å². The van der Waals surface area contributed by atoms with Gasteiger partial charge in [0.15, 0.2) is 0 Å². The topological polar surface area (TPSA) is 60.9 Å². The lowest BCUT2D eigenvalue weighted by molar-refractivity contribution is -0.145. The molecular weight excluding hydrogens is 220 g/mol. The molecule has 0 aromatic heterocycles. The van der Waals surface area contributed by atoms with Crippen LogP contribution in [0.15, 0.2) is 0 Å². The van der Waals surface area contributed by atoms with Gasteiger partial charge in [0, 0.05) is 19.0 Å². The predicted molar refractivity (Wildman–Crippen MR) is 62.5 cm³/mol. The van der Waals surface area contributed by atoms with E-state index in [2.05, 4.69) is 0 Å². The van der Waals surface area contributed by atoms with Crippen LogP contribution in [0.1, 0.15) is 19.3 Å². The fourth-order valence-corrected chi connectivity index (χ4v) is 2.38. The third-order valence-corrected chi connectivity index (χ3v) is 3.83. The molecule has 0 aliphatic heterocycles. The molecule has 2 aliphatic rings. The van der Waals surface area contributed by atoms with Gasteiger partial charge in [-0.3, -0.25) is 9.59 Å². The Balaban J connectivity index is 1.89. The van der Waals surface area contributed by atoms with E-state index in [0.717, 1.165) is 19.3 Å². The van der Waals surface area contributed by atoms with E-state index in [1.807, 2.05) is 19.0 Å². The molecule has 0 bridgehead atoms. The summed E-state index contributed by atoms with van der Waals surface area (Å²) >= 11 is 0. The van der Waals surface area contributed by atoms with Crippen LogP contribution in [-0.2, 0) is 9.59 Å². The highest BCUT2D eigenvalue weighted by atomic mass is 16.4. The van der Waals surface area contributed by atoms with E-state index >= 15 is 0 Å². The third-order valence-electron chi connectivity index (χ3n) is 3.83. The highest BCUT2D eigenvalue weighted by Gasteiger charge is 2.66. The average molecular weight is 240 g/mol. The third kappa shape index (κ3) is 2.77. The monoisotopic (exact) mass is 240 g/mol. The average Bonchev–Trinajstić information content (AvgIpc) is 3.13. The number of amides is 1. The van der Waals surface area contributed by atoms with Gasteiger partial charge in [0.2, 0.25) is 5.91 Å². The Bertz CT molecular complexity index is 337. The van der Waals surface area contributed by atoms with Gasteiger partial charge in [-0.1, -0.05) is 0 Å². The standard InChI is InChI=1S/C12H20N2O3/c1-13(2)5-6-14(8-10(15)16)11(17)9-7-12(9)3-4-12/h9H,3-8H2,1-2H3,(H,15,16)/t9-/m0/s1. The second kappa shape index (κ2) is 4.29. The van der Waals surface area contributed by atoms with Gasteiger partial charge in [0.1, 0.15) is 6.54 Å². The molecule has 0 radical (unpaired) electrons. The van der Waals surface area contributed by atoms with E-state index in [1.54, 1.807) is 0 Å². The lowest BCUT2D eigenvalue weighted by atomic mass is 10.2. The van der Waals surface area contributed by atoms with E-state index in [9.17, 15) is 9.59 Å². The Morgan fingerprint density at radius 2 is 1.94 bits per heavy atom. The predicted octanol–water partition coefficient (Wildman–Crippen LogP) is 0.261. The zero-order valence-electron chi connectivity index (χ0n) is 10.5. The van der Waals surface area contributed by atoms with Crippen molar-refractivity contribution in [2.45, 2.75) is 19.3 Å². The molecule has 0 heterocycles. The van der Waals surface area contributed by atoms with Crippen LogP contribution < -0.4 is 0 Å². The summed E-state index contributed by atoms with van der Waals surface area (Å²) in [5, 5.41) is 8.84. The first-order chi connectivity index (χ1) is 7.94. The van der Waals surface area contributed by atoms with Gasteiger partial charge in [0.25, 0.3) is 0 Å². The quantitative estimate of drug-likeness (QED) is 0.723. The maximum atomic E-state index is 12.2. The minimum absolute atomic E-state index is 0.0479. The van der Waals surface area contributed by atoms with Crippen molar-refractivity contribution in [2.24, 2.45) is 11.3 Å². The summed E-state index contributed by atoms with van der Waals surface area (Å²) in [5.41, 5.74) is 0.298. The summed E-state index contributed by atoms with van der Waals surface area (Å²) in [7, 11) is 3.84. The number of carbonyl (C=O) groups excluding carboxylic acids is 1. The van der Waals surface area contributed by atoms with Gasteiger partial charge in [-0.05, 0) is 38.8 Å². The summed E-state index contributed by atoms with van der Waals surface area (Å²) in [4.78, 5) is 26.4. The zero-order chi connectivity index (χ0) is 12.6. The second-order valence-corrected chi connectivity index (χ2v) is 5.58. The minimum atomic E-state index is -0.928. The Labute approximate surface area is 101 Å². The van der Waals surface area contributed by atoms with Crippen molar-refractivity contribution in [1.29, 1.82) is 0 Å². The van der Waals surface area contributed by atoms with Gasteiger partial charge in [-0.25, -0.2) is 0 Å². The normalized spacial score (nSPS) is 23.8. The Morgan fingerprint density at radius 3 is 2.35 bits per heavy atom. The summed E-state index contributed by atoms with van der Waals surface area (Å²) in [5.74, 6) is -0.765. The molecule has 5 heteroatoms. The van der Waals surface area contributed by atoms with Crippen LogP contribution in [0.25, 0.3) is 0 Å². The number of rotatable bonds is 6. The van der Waals surface area contributed by atoms with E-state index in [-0.39, 0.29) is 18.4 Å². The largest absolute Gasteiger partial charge is 0.480 e. The van der Waals surface area contributed by atoms with Crippen LogP contribution in [0.2, 0.25) is 0 Å². The number of carboxylic acids is 1. The highest BCUT2D eigenvalue weighted by molar-refractivity contribution is 5.86. The molecule has 1 N–H and O–H groups in total. The molecule has 17 heavy (non-hydrogen) atoms. The summed E-state index contributed by atoms with van der Waals surface area (Å²) in [6.07, 6.45) is 3.28. The summed E-state index contributed by atoms with van der Waals surface area (Å²) < 4.78 is 0. The van der Waals surface area contributed by atoms with Gasteiger partial charge in [0.05, 0.1) is 0 Å². The van der Waals surface area contributed by atoms with Crippen LogP contribution in [0.3, 0.4) is 0 Å². The first-order valence-electron chi connectivity index (χ1n) is 6.10. The second-order valence-electron chi connectivity index (χ2n) is 5.58. The molecule has 0 unspecified atom stereocenters. The molecule has 2 rings (SSSR count). The first-order valence-corrected chi connectivity index (χ1v) is 6.10. The number of aliphatic carboxylic acids is 1. The molecule has 5 nitrogen and oxygen atoms in total. The van der Waals surface area contributed by atoms with Gasteiger partial charge < -0.3 is 14.9 Å². The number of hydrogen-bond donors (Lipinski definition) is 1. The Kier molecular flexibility index (Phi) is 3.12. The Hall–Kier alpha value is -1.10. The van der Waals surface area contributed by atoms with Gasteiger partial charge in [-0.15, -0.1) is 0 Å². The van der Waals surface area contributed by atoms with Crippen molar-refractivity contribution in [2.75, 3.05) is 33.7 Å². The van der Waals surface area contributed by atoms with Crippen LogP contribution >= 0.6 is 0 Å². The van der Waals surface area contributed by atoms with Crippen molar-refractivity contribution < 1.29 is 14.7 Å². The van der Waals surface area contributed by atoms with Gasteiger partial charge >= 0.3 is 5.97 Å². The van der Waals surface area contributed by atoms with Crippen molar-refractivity contribution in [3.05, 3.63) is 0 Å². The van der Waals surface area contributed by atoms with Crippen molar-refractivity contribution >= 4 is 11.9 Å². The van der Waals surface area contributed by atoms with Crippen molar-refractivity contribution in [3.63, 3.8) is 0 Å². The zero-order valence-corrected chi connectivity index (χ0v) is 10.5. The fourth-order valence-electron chi connectivity index (χ4n) is 2.38. The molecule has 96 valence electrons. The molecule has 2 saturated carbocycles. The molecule has 0 aromatic rings. The molecule has 0 aromatic carbocycles.